The molecule has 23 heavy (non-hydrogen) atoms. The molecule has 3 heterocycles. The minimum atomic E-state index is -2.71. The van der Waals surface area contributed by atoms with Crippen LogP contribution in [0.4, 0.5) is 10.3 Å². The summed E-state index contributed by atoms with van der Waals surface area (Å²) >= 11 is 0. The highest BCUT2D eigenvalue weighted by molar-refractivity contribution is 7.92. The second kappa shape index (κ2) is 5.24. The lowest BCUT2D eigenvalue weighted by Crippen LogP contribution is -2.41. The third kappa shape index (κ3) is 2.57. The molecule has 3 N–H and O–H groups in total. The predicted octanol–water partition coefficient (Wildman–Crippen LogP) is 0.653. The van der Waals surface area contributed by atoms with Gasteiger partial charge in [-0.1, -0.05) is 0 Å². The van der Waals surface area contributed by atoms with Crippen molar-refractivity contribution in [3.8, 4) is 0 Å². The molecule has 3 rings (SSSR count). The average molecular weight is 341 g/mol. The third-order valence-corrected chi connectivity index (χ3v) is 6.01. The van der Waals surface area contributed by atoms with Crippen molar-refractivity contribution in [2.75, 3.05) is 17.0 Å². The summed E-state index contributed by atoms with van der Waals surface area (Å²) in [6.07, 6.45) is 1.22. The molecule has 1 fully saturated rings. The molecule has 8 nitrogen and oxygen atoms in total. The van der Waals surface area contributed by atoms with Crippen LogP contribution in [0.5, 0.6) is 0 Å². The van der Waals surface area contributed by atoms with Gasteiger partial charge >= 0.3 is 0 Å². The number of anilines is 1. The lowest BCUT2D eigenvalue weighted by atomic mass is 9.88. The van der Waals surface area contributed by atoms with Crippen LogP contribution < -0.4 is 11.1 Å². The summed E-state index contributed by atoms with van der Waals surface area (Å²) in [6, 6.07) is 1.37. The van der Waals surface area contributed by atoms with Crippen LogP contribution in [0.25, 0.3) is 11.0 Å². The number of aryl methyl sites for hydroxylation is 1. The zero-order valence-electron chi connectivity index (χ0n) is 12.4. The summed E-state index contributed by atoms with van der Waals surface area (Å²) in [5.74, 6) is -0.0652. The Morgan fingerprint density at radius 2 is 2.09 bits per heavy atom. The van der Waals surface area contributed by atoms with Crippen molar-refractivity contribution in [2.24, 2.45) is 7.05 Å². The van der Waals surface area contributed by atoms with E-state index in [-0.39, 0.29) is 46.8 Å². The number of rotatable bonds is 2. The van der Waals surface area contributed by atoms with Crippen molar-refractivity contribution in [2.45, 2.75) is 18.4 Å². The smallest absolute Gasteiger partial charge is 0.258 e. The van der Waals surface area contributed by atoms with Crippen LogP contribution in [0.3, 0.4) is 0 Å². The Morgan fingerprint density at radius 3 is 2.70 bits per heavy atom. The quantitative estimate of drug-likeness (QED) is 0.690. The van der Waals surface area contributed by atoms with Gasteiger partial charge in [-0.15, -0.1) is 4.48 Å². The van der Waals surface area contributed by atoms with Gasteiger partial charge in [0.25, 0.3) is 5.56 Å². The van der Waals surface area contributed by atoms with E-state index >= 15 is 0 Å². The molecule has 0 amide bonds. The Morgan fingerprint density at radius 1 is 1.43 bits per heavy atom. The Hall–Kier alpha value is -2.07. The fourth-order valence-electron chi connectivity index (χ4n) is 2.84. The molecule has 0 spiro atoms. The van der Waals surface area contributed by atoms with Gasteiger partial charge in [0.2, 0.25) is 0 Å². The Kier molecular flexibility index (Phi) is 3.60. The van der Waals surface area contributed by atoms with Crippen molar-refractivity contribution in [3.05, 3.63) is 28.3 Å². The van der Waals surface area contributed by atoms with Gasteiger partial charge in [-0.25, -0.2) is 19.7 Å². The molecule has 10 heteroatoms. The molecule has 0 saturated carbocycles. The normalized spacial score (nSPS) is 28.0. The summed E-state index contributed by atoms with van der Waals surface area (Å²) in [6.45, 7) is 0. The Balaban J connectivity index is 2.22. The topological polar surface area (TPSA) is 121 Å². The molecule has 0 atom stereocenters. The van der Waals surface area contributed by atoms with E-state index in [2.05, 4.69) is 9.97 Å². The Labute approximate surface area is 131 Å². The monoisotopic (exact) mass is 341 g/mol. The van der Waals surface area contributed by atoms with E-state index in [0.29, 0.717) is 0 Å². The van der Waals surface area contributed by atoms with Crippen molar-refractivity contribution < 1.29 is 13.8 Å². The van der Waals surface area contributed by atoms with E-state index in [4.69, 9.17) is 4.78 Å². The first-order valence-electron chi connectivity index (χ1n) is 6.96. The molecule has 2 aromatic rings. The van der Waals surface area contributed by atoms with Crippen molar-refractivity contribution in [3.63, 3.8) is 0 Å². The maximum atomic E-state index is 12.9. The van der Waals surface area contributed by atoms with Gasteiger partial charge < -0.3 is 5.11 Å². The summed E-state index contributed by atoms with van der Waals surface area (Å²) in [5, 5.41) is 11.1. The number of nitrogens with zero attached hydrogens (tertiary/aromatic N) is 3. The van der Waals surface area contributed by atoms with Crippen molar-refractivity contribution in [1.29, 1.82) is 4.78 Å². The maximum absolute atomic E-state index is 12.9. The van der Waals surface area contributed by atoms with Gasteiger partial charge in [0.1, 0.15) is 12.0 Å². The van der Waals surface area contributed by atoms with E-state index in [1.165, 1.54) is 23.2 Å². The van der Waals surface area contributed by atoms with Crippen LogP contribution in [0.15, 0.2) is 17.2 Å². The molecule has 0 aliphatic carbocycles. The van der Waals surface area contributed by atoms with Gasteiger partial charge in [-0.2, -0.15) is 0 Å². The molecule has 1 aliphatic rings. The lowest BCUT2D eigenvalue weighted by molar-refractivity contribution is 0.0253. The van der Waals surface area contributed by atoms with Crippen LogP contribution in [-0.4, -0.2) is 35.4 Å². The molecule has 0 aromatic carbocycles. The molecule has 0 unspecified atom stereocenters. The largest absolute Gasteiger partial charge is 0.385 e. The Bertz CT molecular complexity index is 927. The summed E-state index contributed by atoms with van der Waals surface area (Å²) in [7, 11) is -1.23. The highest BCUT2D eigenvalue weighted by atomic mass is 32.2. The van der Waals surface area contributed by atoms with Crippen LogP contribution in [-0.2, 0) is 22.4 Å². The number of pyridine rings is 1. The van der Waals surface area contributed by atoms with E-state index in [1.54, 1.807) is 0 Å². The molecule has 0 radical (unpaired) electrons. The second-order valence-corrected chi connectivity index (χ2v) is 8.17. The zero-order valence-corrected chi connectivity index (χ0v) is 13.2. The van der Waals surface area contributed by atoms with Crippen molar-refractivity contribution in [1.82, 2.24) is 14.5 Å². The number of fused-ring (bicyclic) bond motifs is 1. The number of nitrogens with one attached hydrogen (secondary N) is 2. The first kappa shape index (κ1) is 15.8. The van der Waals surface area contributed by atoms with Gasteiger partial charge in [-0.3, -0.25) is 14.1 Å². The number of aromatic nitrogens is 3. The van der Waals surface area contributed by atoms with Crippen LogP contribution >= 0.6 is 0 Å². The van der Waals surface area contributed by atoms with E-state index in [9.17, 15) is 18.6 Å². The first-order valence-corrected chi connectivity index (χ1v) is 8.85. The van der Waals surface area contributed by atoms with Gasteiger partial charge in [0.15, 0.2) is 5.82 Å². The van der Waals surface area contributed by atoms with E-state index in [0.717, 1.165) is 6.33 Å². The van der Waals surface area contributed by atoms with Crippen LogP contribution in [0.1, 0.15) is 18.4 Å². The van der Waals surface area contributed by atoms with E-state index < -0.39 is 20.9 Å². The first-order chi connectivity index (χ1) is 10.8. The molecule has 2 aromatic heterocycles. The molecular formula is C13H16FN5O3S. The second-order valence-electron chi connectivity index (χ2n) is 5.73. The minimum Gasteiger partial charge on any atom is -0.385 e. The van der Waals surface area contributed by atoms with Gasteiger partial charge in [-0.05, 0) is 18.9 Å². The lowest BCUT2D eigenvalue weighted by Gasteiger charge is -2.33. The van der Waals surface area contributed by atoms with Crippen LogP contribution in [0, 0.1) is 4.78 Å². The molecular weight excluding hydrogens is 325 g/mol. The SMILES string of the molecule is Cn1c(=O)c(C2(O)CCS(=N)(=O)CC2)cc2c(NF)ncnc21. The summed E-state index contributed by atoms with van der Waals surface area (Å²) < 4.78 is 33.5. The molecule has 1 saturated heterocycles. The van der Waals surface area contributed by atoms with Crippen LogP contribution in [0.2, 0.25) is 0 Å². The summed E-state index contributed by atoms with van der Waals surface area (Å²) in [5.41, 5.74) is -0.188. The minimum absolute atomic E-state index is 0.0181. The maximum Gasteiger partial charge on any atom is 0.258 e. The highest BCUT2D eigenvalue weighted by Crippen LogP contribution is 2.34. The number of hydrogen-bond donors (Lipinski definition) is 3. The molecule has 1 aliphatic heterocycles. The fourth-order valence-corrected chi connectivity index (χ4v) is 4.38. The predicted molar refractivity (Wildman–Crippen MR) is 83.2 cm³/mol. The average Bonchev–Trinajstić information content (AvgIpc) is 2.53. The number of aliphatic hydroxyl groups is 1. The highest BCUT2D eigenvalue weighted by Gasteiger charge is 2.38. The standard InChI is InChI=1S/C13H16FN5O3S/c1-19-11-8(10(18-14)16-7-17-11)6-9(12(19)20)13(21)2-4-23(15,22)5-3-13/h6-7,15,21H,2-5H2,1H3,(H,16,17,18). The van der Waals surface area contributed by atoms with E-state index in [1.807, 2.05) is 0 Å². The third-order valence-electron chi connectivity index (χ3n) is 4.29. The molecule has 124 valence electrons. The van der Waals surface area contributed by atoms with Gasteiger partial charge in [0.05, 0.1) is 11.0 Å². The van der Waals surface area contributed by atoms with Crippen molar-refractivity contribution >= 4 is 26.6 Å². The number of hydrogen-bond acceptors (Lipinski definition) is 7. The number of halogens is 1. The van der Waals surface area contributed by atoms with Gasteiger partial charge in [0, 0.05) is 33.8 Å². The zero-order chi connectivity index (χ0) is 16.8. The molecule has 0 bridgehead atoms. The summed E-state index contributed by atoms with van der Waals surface area (Å²) in [4.78, 5) is 20.3. The fraction of sp³-hybridized carbons (Fsp3) is 0.462.